The Morgan fingerprint density at radius 3 is 0.980 bits per heavy atom. The first kappa shape index (κ1) is 48.3. The van der Waals surface area contributed by atoms with Crippen molar-refractivity contribution < 1.29 is 20.1 Å². The van der Waals surface area contributed by atoms with Gasteiger partial charge in [-0.05, 0) is 12.8 Å². The van der Waals surface area contributed by atoms with Crippen molar-refractivity contribution in [1.82, 2.24) is 5.32 Å². The molecule has 0 heterocycles. The second-order valence-corrected chi connectivity index (χ2v) is 15.6. The highest BCUT2D eigenvalue weighted by atomic mass is 16.3. The molecule has 0 aliphatic carbocycles. The van der Waals surface area contributed by atoms with Crippen LogP contribution in [0.4, 0.5) is 0 Å². The lowest BCUT2D eigenvalue weighted by atomic mass is 9.99. The normalized spacial score (nSPS) is 13.5. The minimum absolute atomic E-state index is 0.139. The summed E-state index contributed by atoms with van der Waals surface area (Å²) in [6.07, 6.45) is 44.9. The molecular formula is C44H89NO4. The lowest BCUT2D eigenvalue weighted by molar-refractivity contribution is -0.124. The Hall–Kier alpha value is -0.650. The highest BCUT2D eigenvalue weighted by Gasteiger charge is 2.26. The number of carbonyl (C=O) groups is 1. The van der Waals surface area contributed by atoms with E-state index in [2.05, 4.69) is 19.2 Å². The molecule has 4 N–H and O–H groups in total. The Bertz CT molecular complexity index is 644. The van der Waals surface area contributed by atoms with E-state index in [0.717, 1.165) is 32.1 Å². The van der Waals surface area contributed by atoms with Gasteiger partial charge >= 0.3 is 0 Å². The molecule has 5 heteroatoms. The smallest absolute Gasteiger partial charge is 0.220 e. The molecule has 294 valence electrons. The Morgan fingerprint density at radius 2 is 0.694 bits per heavy atom. The van der Waals surface area contributed by atoms with E-state index in [1.165, 1.54) is 193 Å². The fraction of sp³-hybridized carbons (Fsp3) is 0.977. The third-order valence-electron chi connectivity index (χ3n) is 10.7. The third kappa shape index (κ3) is 35.5. The van der Waals surface area contributed by atoms with Crippen LogP contribution in [0.2, 0.25) is 0 Å². The van der Waals surface area contributed by atoms with Gasteiger partial charge in [0.25, 0.3) is 0 Å². The van der Waals surface area contributed by atoms with E-state index >= 15 is 0 Å². The molecule has 0 rings (SSSR count). The molecule has 0 aliphatic heterocycles. The summed E-state index contributed by atoms with van der Waals surface area (Å²) >= 11 is 0. The van der Waals surface area contributed by atoms with Crippen molar-refractivity contribution in [2.75, 3.05) is 6.61 Å². The van der Waals surface area contributed by atoms with Gasteiger partial charge in [0, 0.05) is 6.42 Å². The van der Waals surface area contributed by atoms with Gasteiger partial charge in [0.15, 0.2) is 0 Å². The Morgan fingerprint density at radius 1 is 0.429 bits per heavy atom. The molecule has 0 aromatic rings. The molecule has 0 aromatic carbocycles. The molecule has 0 bridgehead atoms. The maximum absolute atomic E-state index is 12.4. The number of carbonyl (C=O) groups excluding carboxylic acids is 1. The molecule has 0 saturated carbocycles. The molecule has 3 unspecified atom stereocenters. The average molecular weight is 696 g/mol. The maximum atomic E-state index is 12.4. The van der Waals surface area contributed by atoms with E-state index < -0.39 is 18.2 Å². The van der Waals surface area contributed by atoms with Crippen LogP contribution in [0.1, 0.15) is 251 Å². The van der Waals surface area contributed by atoms with E-state index in [-0.39, 0.29) is 12.5 Å². The molecular weight excluding hydrogens is 606 g/mol. The van der Waals surface area contributed by atoms with Crippen molar-refractivity contribution in [1.29, 1.82) is 0 Å². The zero-order chi connectivity index (χ0) is 35.9. The highest BCUT2D eigenvalue weighted by molar-refractivity contribution is 5.76. The maximum Gasteiger partial charge on any atom is 0.220 e. The molecule has 49 heavy (non-hydrogen) atoms. The summed E-state index contributed by atoms with van der Waals surface area (Å²) < 4.78 is 0. The number of aliphatic hydroxyl groups excluding tert-OH is 3. The van der Waals surface area contributed by atoms with Crippen LogP contribution < -0.4 is 5.32 Å². The van der Waals surface area contributed by atoms with Crippen LogP contribution in [0.5, 0.6) is 0 Å². The van der Waals surface area contributed by atoms with Gasteiger partial charge in [-0.25, -0.2) is 0 Å². The number of aliphatic hydroxyl groups is 3. The predicted molar refractivity (Wildman–Crippen MR) is 213 cm³/mol. The van der Waals surface area contributed by atoms with Crippen LogP contribution in [0.25, 0.3) is 0 Å². The molecule has 0 aromatic heterocycles. The van der Waals surface area contributed by atoms with Crippen LogP contribution >= 0.6 is 0 Å². The number of unbranched alkanes of at least 4 members (excludes halogenated alkanes) is 33. The van der Waals surface area contributed by atoms with E-state index in [9.17, 15) is 20.1 Å². The summed E-state index contributed by atoms with van der Waals surface area (Å²) in [5.41, 5.74) is 0. The van der Waals surface area contributed by atoms with Crippen molar-refractivity contribution in [2.24, 2.45) is 0 Å². The van der Waals surface area contributed by atoms with Crippen LogP contribution in [0.15, 0.2) is 0 Å². The lowest BCUT2D eigenvalue weighted by Gasteiger charge is -2.26. The minimum Gasteiger partial charge on any atom is -0.394 e. The van der Waals surface area contributed by atoms with Crippen molar-refractivity contribution >= 4 is 5.91 Å². The van der Waals surface area contributed by atoms with Gasteiger partial charge < -0.3 is 20.6 Å². The SMILES string of the molecule is CCCCCCCCCCCCCCCCCCCCC(O)C(O)C(CO)NC(=O)CCCCCCCCCCCCCCCCCCC. The highest BCUT2D eigenvalue weighted by Crippen LogP contribution is 2.17. The molecule has 0 spiro atoms. The Balaban J connectivity index is 3.58. The van der Waals surface area contributed by atoms with Crippen LogP contribution in [0, 0.1) is 0 Å². The number of amides is 1. The number of rotatable bonds is 41. The van der Waals surface area contributed by atoms with Crippen LogP contribution in [0.3, 0.4) is 0 Å². The summed E-state index contributed by atoms with van der Waals surface area (Å²) in [5, 5.41) is 33.6. The number of nitrogens with one attached hydrogen (secondary N) is 1. The second-order valence-electron chi connectivity index (χ2n) is 15.6. The van der Waals surface area contributed by atoms with Crippen molar-refractivity contribution in [3.63, 3.8) is 0 Å². The largest absolute Gasteiger partial charge is 0.394 e. The summed E-state index contributed by atoms with van der Waals surface area (Å²) in [4.78, 5) is 12.4. The molecule has 3 atom stereocenters. The number of hydrogen-bond acceptors (Lipinski definition) is 4. The van der Waals surface area contributed by atoms with Crippen molar-refractivity contribution in [2.45, 2.75) is 270 Å². The zero-order valence-corrected chi connectivity index (χ0v) is 33.4. The minimum atomic E-state index is -1.13. The Kier molecular flexibility index (Phi) is 39.6. The second kappa shape index (κ2) is 40.1. The van der Waals surface area contributed by atoms with Gasteiger partial charge in [-0.2, -0.15) is 0 Å². The van der Waals surface area contributed by atoms with Crippen molar-refractivity contribution in [3.05, 3.63) is 0 Å². The van der Waals surface area contributed by atoms with Crippen LogP contribution in [-0.4, -0.2) is 46.1 Å². The standard InChI is InChI=1S/C44H89NO4/c1-3-5-7-9-11-13-15-17-19-21-23-24-26-28-30-32-34-36-38-42(47)44(49)41(40-46)45-43(48)39-37-35-33-31-29-27-25-22-20-18-16-14-12-10-8-6-4-2/h41-42,44,46-47,49H,3-40H2,1-2H3,(H,45,48). The molecule has 5 nitrogen and oxygen atoms in total. The van der Waals surface area contributed by atoms with Gasteiger partial charge in [0.2, 0.25) is 5.91 Å². The van der Waals surface area contributed by atoms with Gasteiger partial charge in [-0.3, -0.25) is 4.79 Å². The van der Waals surface area contributed by atoms with Crippen LogP contribution in [-0.2, 0) is 4.79 Å². The summed E-state index contributed by atoms with van der Waals surface area (Å²) in [6, 6.07) is -0.802. The molecule has 1 amide bonds. The molecule has 0 saturated heterocycles. The quantitative estimate of drug-likeness (QED) is 0.0479. The number of hydrogen-bond donors (Lipinski definition) is 4. The van der Waals surface area contributed by atoms with Gasteiger partial charge in [0.1, 0.15) is 6.10 Å². The molecule has 0 radical (unpaired) electrons. The lowest BCUT2D eigenvalue weighted by Crippen LogP contribution is -2.50. The zero-order valence-electron chi connectivity index (χ0n) is 33.4. The fourth-order valence-electron chi connectivity index (χ4n) is 7.22. The summed E-state index contributed by atoms with van der Waals surface area (Å²) in [7, 11) is 0. The van der Waals surface area contributed by atoms with E-state index in [1.807, 2.05) is 0 Å². The summed E-state index contributed by atoms with van der Waals surface area (Å²) in [5.74, 6) is -0.139. The first-order chi connectivity index (χ1) is 24.1. The Labute approximate surface area is 307 Å². The van der Waals surface area contributed by atoms with E-state index in [1.54, 1.807) is 0 Å². The molecule has 0 fully saturated rings. The van der Waals surface area contributed by atoms with Gasteiger partial charge in [-0.1, -0.05) is 232 Å². The summed E-state index contributed by atoms with van der Waals surface area (Å²) in [6.45, 7) is 4.20. The monoisotopic (exact) mass is 696 g/mol. The first-order valence-corrected chi connectivity index (χ1v) is 22.3. The third-order valence-corrected chi connectivity index (χ3v) is 10.7. The molecule has 0 aliphatic rings. The predicted octanol–water partition coefficient (Wildman–Crippen LogP) is 12.7. The van der Waals surface area contributed by atoms with Gasteiger partial charge in [-0.15, -0.1) is 0 Å². The van der Waals surface area contributed by atoms with Crippen molar-refractivity contribution in [3.8, 4) is 0 Å². The van der Waals surface area contributed by atoms with Gasteiger partial charge in [0.05, 0.1) is 18.8 Å². The van der Waals surface area contributed by atoms with E-state index in [0.29, 0.717) is 12.8 Å². The first-order valence-electron chi connectivity index (χ1n) is 22.3. The fourth-order valence-corrected chi connectivity index (χ4v) is 7.22. The van der Waals surface area contributed by atoms with E-state index in [4.69, 9.17) is 0 Å². The topological polar surface area (TPSA) is 89.8 Å². The average Bonchev–Trinajstić information content (AvgIpc) is 3.10.